The summed E-state index contributed by atoms with van der Waals surface area (Å²) in [6, 6.07) is 24.2. The Balaban J connectivity index is 1.28. The molecule has 0 saturated heterocycles. The summed E-state index contributed by atoms with van der Waals surface area (Å²) in [5.74, 6) is -0.323. The molecule has 0 saturated carbocycles. The highest BCUT2D eigenvalue weighted by molar-refractivity contribution is 5.98. The number of rotatable bonds is 7. The van der Waals surface area contributed by atoms with Gasteiger partial charge in [-0.15, -0.1) is 0 Å². The van der Waals surface area contributed by atoms with Gasteiger partial charge in [0.25, 0.3) is 5.91 Å². The number of hydrogen-bond acceptors (Lipinski definition) is 5. The maximum absolute atomic E-state index is 12.3. The van der Waals surface area contributed by atoms with Crippen molar-refractivity contribution in [2.45, 2.75) is 13.5 Å². The topological polar surface area (TPSA) is 77.8 Å². The van der Waals surface area contributed by atoms with Crippen LogP contribution in [0.25, 0.3) is 11.0 Å². The summed E-state index contributed by atoms with van der Waals surface area (Å²) in [4.78, 5) is 24.5. The van der Waals surface area contributed by atoms with Crippen LogP contribution in [0.4, 0.5) is 5.69 Å². The van der Waals surface area contributed by atoms with Crippen molar-refractivity contribution in [2.75, 3.05) is 11.9 Å². The molecule has 0 bridgehead atoms. The molecular weight excluding hydrogens is 394 g/mol. The molecule has 156 valence electrons. The predicted molar refractivity (Wildman–Crippen MR) is 117 cm³/mol. The first-order chi connectivity index (χ1) is 15.1. The third-order valence-electron chi connectivity index (χ3n) is 4.75. The first-order valence-electron chi connectivity index (χ1n) is 9.82. The Morgan fingerprint density at radius 1 is 0.903 bits per heavy atom. The molecule has 1 N–H and O–H groups in total. The molecule has 6 nitrogen and oxygen atoms in total. The minimum Gasteiger partial charge on any atom is -0.489 e. The lowest BCUT2D eigenvalue weighted by atomic mass is 10.1. The molecule has 0 aliphatic heterocycles. The van der Waals surface area contributed by atoms with Crippen molar-refractivity contribution in [2.24, 2.45) is 0 Å². The van der Waals surface area contributed by atoms with E-state index in [1.807, 2.05) is 48.5 Å². The highest BCUT2D eigenvalue weighted by atomic mass is 16.5. The Bertz CT molecular complexity index is 1200. The summed E-state index contributed by atoms with van der Waals surface area (Å²) in [6.07, 6.45) is 0. The standard InChI is InChI=1S/C25H21NO5/c1-17-21-9-5-6-10-22(21)31-24(17)25(28)30-16-23(27)26-19-11-13-20(14-12-19)29-15-18-7-3-2-4-8-18/h2-14H,15-16H2,1H3,(H,26,27). The highest BCUT2D eigenvalue weighted by Gasteiger charge is 2.19. The lowest BCUT2D eigenvalue weighted by Crippen LogP contribution is -2.21. The smallest absolute Gasteiger partial charge is 0.375 e. The van der Waals surface area contributed by atoms with Crippen LogP contribution in [0.5, 0.6) is 5.75 Å². The second kappa shape index (κ2) is 9.17. The zero-order valence-corrected chi connectivity index (χ0v) is 17.0. The summed E-state index contributed by atoms with van der Waals surface area (Å²) in [5, 5.41) is 3.53. The SMILES string of the molecule is Cc1c(C(=O)OCC(=O)Nc2ccc(OCc3ccccc3)cc2)oc2ccccc12. The van der Waals surface area contributed by atoms with Crippen LogP contribution in [-0.4, -0.2) is 18.5 Å². The number of carbonyl (C=O) groups is 2. The number of furan rings is 1. The number of aryl methyl sites for hydroxylation is 1. The molecule has 1 heterocycles. The third-order valence-corrected chi connectivity index (χ3v) is 4.75. The van der Waals surface area contributed by atoms with Crippen molar-refractivity contribution in [3.8, 4) is 5.75 Å². The number of ether oxygens (including phenoxy) is 2. The fourth-order valence-electron chi connectivity index (χ4n) is 3.14. The molecule has 0 unspecified atom stereocenters. The molecule has 4 aromatic rings. The van der Waals surface area contributed by atoms with Gasteiger partial charge in [0, 0.05) is 16.6 Å². The van der Waals surface area contributed by atoms with E-state index in [1.54, 1.807) is 37.3 Å². The van der Waals surface area contributed by atoms with Crippen molar-refractivity contribution < 1.29 is 23.5 Å². The first-order valence-corrected chi connectivity index (χ1v) is 9.82. The first kappa shape index (κ1) is 20.2. The minimum absolute atomic E-state index is 0.105. The van der Waals surface area contributed by atoms with Gasteiger partial charge in [0.1, 0.15) is 17.9 Å². The van der Waals surface area contributed by atoms with Gasteiger partial charge in [0.2, 0.25) is 5.76 Å². The lowest BCUT2D eigenvalue weighted by Gasteiger charge is -2.09. The van der Waals surface area contributed by atoms with Crippen LogP contribution >= 0.6 is 0 Å². The Morgan fingerprint density at radius 3 is 2.35 bits per heavy atom. The summed E-state index contributed by atoms with van der Waals surface area (Å²) >= 11 is 0. The Morgan fingerprint density at radius 2 is 1.61 bits per heavy atom. The van der Waals surface area contributed by atoms with Crippen LogP contribution in [0, 0.1) is 6.92 Å². The van der Waals surface area contributed by atoms with E-state index in [0.717, 1.165) is 10.9 Å². The van der Waals surface area contributed by atoms with Crippen LogP contribution in [0.1, 0.15) is 21.7 Å². The molecule has 0 spiro atoms. The zero-order valence-electron chi connectivity index (χ0n) is 17.0. The van der Waals surface area contributed by atoms with E-state index < -0.39 is 18.5 Å². The second-order valence-corrected chi connectivity index (χ2v) is 6.98. The largest absolute Gasteiger partial charge is 0.489 e. The molecular formula is C25H21NO5. The number of carbonyl (C=O) groups excluding carboxylic acids is 2. The van der Waals surface area contributed by atoms with Crippen LogP contribution in [0.3, 0.4) is 0 Å². The highest BCUT2D eigenvalue weighted by Crippen LogP contribution is 2.25. The molecule has 3 aromatic carbocycles. The van der Waals surface area contributed by atoms with Gasteiger partial charge in [-0.25, -0.2) is 4.79 Å². The van der Waals surface area contributed by atoms with E-state index in [-0.39, 0.29) is 5.76 Å². The van der Waals surface area contributed by atoms with Crippen LogP contribution < -0.4 is 10.1 Å². The van der Waals surface area contributed by atoms with Gasteiger partial charge in [-0.1, -0.05) is 48.5 Å². The molecule has 4 rings (SSSR count). The number of benzene rings is 3. The number of nitrogens with one attached hydrogen (secondary N) is 1. The fourth-order valence-corrected chi connectivity index (χ4v) is 3.14. The van der Waals surface area contributed by atoms with Crippen molar-refractivity contribution in [3.63, 3.8) is 0 Å². The van der Waals surface area contributed by atoms with E-state index in [2.05, 4.69) is 5.32 Å². The number of anilines is 1. The van der Waals surface area contributed by atoms with Gasteiger partial charge in [-0.3, -0.25) is 4.79 Å². The van der Waals surface area contributed by atoms with Crippen molar-refractivity contribution in [1.29, 1.82) is 0 Å². The molecule has 1 aromatic heterocycles. The van der Waals surface area contributed by atoms with Gasteiger partial charge >= 0.3 is 5.97 Å². The van der Waals surface area contributed by atoms with E-state index in [0.29, 0.717) is 29.2 Å². The van der Waals surface area contributed by atoms with E-state index in [1.165, 1.54) is 0 Å². The maximum Gasteiger partial charge on any atom is 0.375 e. The van der Waals surface area contributed by atoms with Crippen molar-refractivity contribution in [1.82, 2.24) is 0 Å². The normalized spacial score (nSPS) is 10.6. The number of para-hydroxylation sites is 1. The van der Waals surface area contributed by atoms with E-state index in [4.69, 9.17) is 13.9 Å². The molecule has 0 atom stereocenters. The Labute approximate surface area is 179 Å². The van der Waals surface area contributed by atoms with Crippen LogP contribution in [0.2, 0.25) is 0 Å². The second-order valence-electron chi connectivity index (χ2n) is 6.98. The average Bonchev–Trinajstić information content (AvgIpc) is 3.14. The van der Waals surface area contributed by atoms with Gasteiger partial charge in [0.15, 0.2) is 6.61 Å². The monoisotopic (exact) mass is 415 g/mol. The third kappa shape index (κ3) is 4.93. The lowest BCUT2D eigenvalue weighted by molar-refractivity contribution is -0.119. The number of fused-ring (bicyclic) bond motifs is 1. The maximum atomic E-state index is 12.3. The minimum atomic E-state index is -0.673. The van der Waals surface area contributed by atoms with Gasteiger partial charge in [-0.2, -0.15) is 0 Å². The molecule has 0 radical (unpaired) electrons. The Hall–Kier alpha value is -4.06. The fraction of sp³-hybridized carbons (Fsp3) is 0.120. The zero-order chi connectivity index (χ0) is 21.6. The van der Waals surface area contributed by atoms with E-state index >= 15 is 0 Å². The number of esters is 1. The number of hydrogen-bond donors (Lipinski definition) is 1. The average molecular weight is 415 g/mol. The summed E-state index contributed by atoms with van der Waals surface area (Å²) < 4.78 is 16.4. The predicted octanol–water partition coefficient (Wildman–Crippen LogP) is 5.12. The van der Waals surface area contributed by atoms with Crippen molar-refractivity contribution >= 4 is 28.5 Å². The molecule has 0 aliphatic carbocycles. The van der Waals surface area contributed by atoms with Gasteiger partial charge in [0.05, 0.1) is 0 Å². The van der Waals surface area contributed by atoms with Crippen LogP contribution in [0.15, 0.2) is 83.3 Å². The Kier molecular flexibility index (Phi) is 5.98. The molecule has 0 aliphatic rings. The molecule has 31 heavy (non-hydrogen) atoms. The van der Waals surface area contributed by atoms with Gasteiger partial charge < -0.3 is 19.2 Å². The van der Waals surface area contributed by atoms with Crippen LogP contribution in [-0.2, 0) is 16.1 Å². The van der Waals surface area contributed by atoms with Gasteiger partial charge in [-0.05, 0) is 42.8 Å². The molecule has 6 heteroatoms. The molecule has 0 fully saturated rings. The molecule has 1 amide bonds. The summed E-state index contributed by atoms with van der Waals surface area (Å²) in [5.41, 5.74) is 2.94. The van der Waals surface area contributed by atoms with Crippen molar-refractivity contribution in [3.05, 3.63) is 95.7 Å². The number of amides is 1. The quantitative estimate of drug-likeness (QED) is 0.424. The van der Waals surface area contributed by atoms with E-state index in [9.17, 15) is 9.59 Å². The summed E-state index contributed by atoms with van der Waals surface area (Å²) in [6.45, 7) is 1.83. The summed E-state index contributed by atoms with van der Waals surface area (Å²) in [7, 11) is 0.